The molecule has 0 saturated carbocycles. The van der Waals surface area contributed by atoms with E-state index in [1.807, 2.05) is 0 Å². The van der Waals surface area contributed by atoms with Gasteiger partial charge >= 0.3 is 0 Å². The average Bonchev–Trinajstić information content (AvgIpc) is 2.85. The van der Waals surface area contributed by atoms with Crippen molar-refractivity contribution in [2.24, 2.45) is 34.5 Å². The molecule has 0 heterocycles. The first-order valence-electron chi connectivity index (χ1n) is 16.9. The number of allylic oxidation sites excluding steroid dienone is 12. The van der Waals surface area contributed by atoms with Crippen LogP contribution in [0.25, 0.3) is 0 Å². The lowest BCUT2D eigenvalue weighted by atomic mass is 9.72. The number of hydrogen-bond donors (Lipinski definition) is 0. The van der Waals surface area contributed by atoms with Gasteiger partial charge in [-0.05, 0) is 117 Å². The van der Waals surface area contributed by atoms with E-state index < -0.39 is 0 Å². The molecular weight excluding hydrogens is 480 g/mol. The Balaban J connectivity index is 1.62. The van der Waals surface area contributed by atoms with Crippen molar-refractivity contribution < 1.29 is 0 Å². The normalized spacial score (nSPS) is 23.1. The molecule has 4 atom stereocenters. The molecule has 2 rings (SSSR count). The lowest BCUT2D eigenvalue weighted by Crippen LogP contribution is -2.19. The molecule has 0 heteroatoms. The summed E-state index contributed by atoms with van der Waals surface area (Å²) in [4.78, 5) is 0. The van der Waals surface area contributed by atoms with Gasteiger partial charge in [0.2, 0.25) is 0 Å². The Hall–Kier alpha value is -1.56. The number of hydrogen-bond acceptors (Lipinski definition) is 0. The lowest BCUT2D eigenvalue weighted by molar-refractivity contribution is 0.376. The maximum Gasteiger partial charge on any atom is -0.00787 e. The minimum Gasteiger partial charge on any atom is -0.0877 e. The van der Waals surface area contributed by atoms with Crippen molar-refractivity contribution in [3.8, 4) is 0 Å². The Morgan fingerprint density at radius 2 is 1.15 bits per heavy atom. The first-order valence-corrected chi connectivity index (χ1v) is 16.9. The summed E-state index contributed by atoms with van der Waals surface area (Å²) in [5.41, 5.74) is 7.04. The highest BCUT2D eigenvalue weighted by Crippen LogP contribution is 2.42. The van der Waals surface area contributed by atoms with E-state index in [-0.39, 0.29) is 0 Å². The van der Waals surface area contributed by atoms with Crippen LogP contribution in [-0.2, 0) is 0 Å². The van der Waals surface area contributed by atoms with Crippen LogP contribution in [0.5, 0.6) is 0 Å². The summed E-state index contributed by atoms with van der Waals surface area (Å²) in [6.45, 7) is 23.8. The second-order valence-electron chi connectivity index (χ2n) is 15.1. The number of unbranched alkanes of at least 4 members (excludes halogenated alkanes) is 1. The zero-order chi connectivity index (χ0) is 29.8. The third kappa shape index (κ3) is 12.1. The maximum atomic E-state index is 2.46. The van der Waals surface area contributed by atoms with Crippen molar-refractivity contribution in [3.05, 3.63) is 70.9 Å². The quantitative estimate of drug-likeness (QED) is 0.141. The smallest absolute Gasteiger partial charge is 0.00787 e. The van der Waals surface area contributed by atoms with E-state index in [2.05, 4.69) is 118 Å². The zero-order valence-electron chi connectivity index (χ0n) is 28.4. The molecule has 0 aromatic carbocycles. The van der Waals surface area contributed by atoms with E-state index in [1.165, 1.54) is 70.6 Å². The highest BCUT2D eigenvalue weighted by atomic mass is 14.3. The molecule has 2 aliphatic carbocycles. The first-order chi connectivity index (χ1) is 18.8. The Kier molecular flexibility index (Phi) is 14.5. The van der Waals surface area contributed by atoms with E-state index in [4.69, 9.17) is 0 Å². The summed E-state index contributed by atoms with van der Waals surface area (Å²) in [5.74, 6) is 2.58. The van der Waals surface area contributed by atoms with Crippen molar-refractivity contribution in [1.82, 2.24) is 0 Å². The molecule has 0 bridgehead atoms. The largest absolute Gasteiger partial charge is 0.0877 e. The molecule has 226 valence electrons. The maximum absolute atomic E-state index is 2.46. The van der Waals surface area contributed by atoms with Gasteiger partial charge in [0.05, 0.1) is 0 Å². The fraction of sp³-hybridized carbons (Fsp3) is 0.700. The van der Waals surface area contributed by atoms with Crippen LogP contribution in [0.4, 0.5) is 0 Å². The van der Waals surface area contributed by atoms with Gasteiger partial charge in [-0.1, -0.05) is 134 Å². The average molecular weight is 547 g/mol. The van der Waals surface area contributed by atoms with E-state index in [1.54, 1.807) is 22.3 Å². The molecule has 0 radical (unpaired) electrons. The topological polar surface area (TPSA) is 0 Å². The molecule has 4 unspecified atom stereocenters. The van der Waals surface area contributed by atoms with Crippen molar-refractivity contribution in [2.45, 2.75) is 146 Å². The predicted molar refractivity (Wildman–Crippen MR) is 182 cm³/mol. The SMILES string of the molecule is CC1=C(/C=C/C(C)/C=C/CC(C)CCCCC(C)/C=C/CC(C)/C=C/C2=C(C)CCCC2(C)C)C(C)(C)CCC1. The summed E-state index contributed by atoms with van der Waals surface area (Å²) in [6.07, 6.45) is 35.1. The van der Waals surface area contributed by atoms with Gasteiger partial charge in [-0.3, -0.25) is 0 Å². The fourth-order valence-corrected chi connectivity index (χ4v) is 6.90. The molecule has 2 aliphatic rings. The summed E-state index contributed by atoms with van der Waals surface area (Å²) < 4.78 is 0. The Bertz CT molecular complexity index is 941. The molecule has 40 heavy (non-hydrogen) atoms. The second-order valence-corrected chi connectivity index (χ2v) is 15.1. The van der Waals surface area contributed by atoms with Gasteiger partial charge in [-0.15, -0.1) is 0 Å². The van der Waals surface area contributed by atoms with Gasteiger partial charge in [0.1, 0.15) is 0 Å². The van der Waals surface area contributed by atoms with E-state index in [0.717, 1.165) is 12.3 Å². The van der Waals surface area contributed by atoms with Crippen molar-refractivity contribution in [1.29, 1.82) is 0 Å². The Morgan fingerprint density at radius 3 is 1.73 bits per heavy atom. The van der Waals surface area contributed by atoms with Gasteiger partial charge in [0.15, 0.2) is 0 Å². The zero-order valence-corrected chi connectivity index (χ0v) is 28.4. The molecule has 0 aliphatic heterocycles. The van der Waals surface area contributed by atoms with Gasteiger partial charge in [-0.25, -0.2) is 0 Å². The number of rotatable bonds is 15. The molecule has 0 saturated heterocycles. The summed E-state index contributed by atoms with van der Waals surface area (Å²) in [7, 11) is 0. The van der Waals surface area contributed by atoms with Crippen LogP contribution in [-0.4, -0.2) is 0 Å². The summed E-state index contributed by atoms with van der Waals surface area (Å²) >= 11 is 0. The van der Waals surface area contributed by atoms with Gasteiger partial charge < -0.3 is 0 Å². The van der Waals surface area contributed by atoms with E-state index in [0.29, 0.717) is 28.6 Å². The third-order valence-corrected chi connectivity index (χ3v) is 9.80. The molecule has 0 aromatic heterocycles. The molecule has 0 fully saturated rings. The van der Waals surface area contributed by atoms with Crippen LogP contribution in [0.1, 0.15) is 146 Å². The highest BCUT2D eigenvalue weighted by Gasteiger charge is 2.27. The fourth-order valence-electron chi connectivity index (χ4n) is 6.90. The first kappa shape index (κ1) is 34.6. The van der Waals surface area contributed by atoms with E-state index in [9.17, 15) is 0 Å². The van der Waals surface area contributed by atoms with Crippen molar-refractivity contribution >= 4 is 0 Å². The van der Waals surface area contributed by atoms with Crippen LogP contribution in [0.15, 0.2) is 70.9 Å². The van der Waals surface area contributed by atoms with E-state index >= 15 is 0 Å². The van der Waals surface area contributed by atoms with Crippen LogP contribution < -0.4 is 0 Å². The van der Waals surface area contributed by atoms with Crippen molar-refractivity contribution in [3.63, 3.8) is 0 Å². The Labute approximate surface area is 251 Å². The van der Waals surface area contributed by atoms with Gasteiger partial charge in [0, 0.05) is 0 Å². The highest BCUT2D eigenvalue weighted by molar-refractivity contribution is 5.34. The predicted octanol–water partition coefficient (Wildman–Crippen LogP) is 13.1. The van der Waals surface area contributed by atoms with Crippen molar-refractivity contribution in [2.75, 3.05) is 0 Å². The minimum atomic E-state index is 0.336. The standard InChI is InChI=1S/C40H66/c1-31(19-13-21-33(3)25-27-37-35(5)23-15-29-39(37,7)8)17-11-12-18-32(2)20-14-22-34(4)26-28-38-36(6)24-16-30-40(38,9)10/h13-14,19,22,25-28,31-34H,11-12,15-18,20-21,23-24,29-30H2,1-10H3/b19-13+,22-14+,27-25+,28-26+. The molecule has 0 N–H and O–H groups in total. The monoisotopic (exact) mass is 547 g/mol. The third-order valence-electron chi connectivity index (χ3n) is 9.80. The van der Waals surface area contributed by atoms with Crippen LogP contribution >= 0.6 is 0 Å². The van der Waals surface area contributed by atoms with Crippen LogP contribution in [0.3, 0.4) is 0 Å². The van der Waals surface area contributed by atoms with Crippen LogP contribution in [0, 0.1) is 34.5 Å². The van der Waals surface area contributed by atoms with Crippen LogP contribution in [0.2, 0.25) is 0 Å². The van der Waals surface area contributed by atoms with Gasteiger partial charge in [0.25, 0.3) is 0 Å². The summed E-state index contributed by atoms with van der Waals surface area (Å²) in [6, 6.07) is 0. The lowest BCUT2D eigenvalue weighted by Gasteiger charge is -2.33. The summed E-state index contributed by atoms with van der Waals surface area (Å²) in [5, 5.41) is 0. The van der Waals surface area contributed by atoms with Gasteiger partial charge in [-0.2, -0.15) is 0 Å². The Morgan fingerprint density at radius 1 is 0.625 bits per heavy atom. The molecule has 0 amide bonds. The minimum absolute atomic E-state index is 0.336. The molecule has 0 nitrogen and oxygen atoms in total. The molecule has 0 aromatic rings. The molecule has 0 spiro atoms. The molecular formula is C40H66. The second kappa shape index (κ2) is 16.8.